The Labute approximate surface area is 219 Å². The van der Waals surface area contributed by atoms with Crippen molar-refractivity contribution < 1.29 is 13.2 Å². The van der Waals surface area contributed by atoms with Crippen LogP contribution in [0.25, 0.3) is 0 Å². The monoisotopic (exact) mass is 512 g/mol. The molecule has 3 unspecified atom stereocenters. The summed E-state index contributed by atoms with van der Waals surface area (Å²) in [4.78, 5) is 0.300. The molecule has 6 heteroatoms. The average Bonchev–Trinajstić information content (AvgIpc) is 3.42. The molecule has 5 nitrogen and oxygen atoms in total. The van der Waals surface area contributed by atoms with E-state index in [1.807, 2.05) is 42.5 Å². The van der Waals surface area contributed by atoms with Gasteiger partial charge in [0.25, 0.3) is 0 Å². The zero-order valence-corrected chi connectivity index (χ0v) is 21.6. The van der Waals surface area contributed by atoms with E-state index >= 15 is 0 Å². The summed E-state index contributed by atoms with van der Waals surface area (Å²) in [6, 6.07) is 24.0. The molecule has 3 atom stereocenters. The lowest BCUT2D eigenvalue weighted by Gasteiger charge is -2.38. The summed E-state index contributed by atoms with van der Waals surface area (Å²) in [7, 11) is -3.66. The van der Waals surface area contributed by atoms with Gasteiger partial charge in [-0.25, -0.2) is 8.42 Å². The Morgan fingerprint density at radius 2 is 1.70 bits per heavy atom. The predicted octanol–water partition coefficient (Wildman–Crippen LogP) is 6.45. The third kappa shape index (κ3) is 5.13. The number of hydrogen-bond donors (Lipinski definition) is 1. The Morgan fingerprint density at radius 1 is 0.973 bits per heavy atom. The van der Waals surface area contributed by atoms with E-state index in [9.17, 15) is 8.42 Å². The smallest absolute Gasteiger partial charge is 0.243 e. The van der Waals surface area contributed by atoms with Crippen molar-refractivity contribution in [1.82, 2.24) is 4.31 Å². The van der Waals surface area contributed by atoms with Crippen LogP contribution in [0.1, 0.15) is 35.1 Å². The van der Waals surface area contributed by atoms with Crippen LogP contribution < -0.4 is 10.1 Å². The van der Waals surface area contributed by atoms with Crippen molar-refractivity contribution in [3.63, 3.8) is 0 Å². The number of benzene rings is 3. The molecule has 0 saturated carbocycles. The van der Waals surface area contributed by atoms with Gasteiger partial charge in [-0.05, 0) is 59.4 Å². The average molecular weight is 513 g/mol. The third-order valence-electron chi connectivity index (χ3n) is 7.13. The summed E-state index contributed by atoms with van der Waals surface area (Å²) in [6.07, 6.45) is 8.55. The van der Waals surface area contributed by atoms with E-state index in [-0.39, 0.29) is 25.0 Å². The Balaban J connectivity index is 1.37. The van der Waals surface area contributed by atoms with E-state index in [4.69, 9.17) is 4.74 Å². The van der Waals surface area contributed by atoms with Gasteiger partial charge in [0.1, 0.15) is 12.4 Å². The molecule has 0 bridgehead atoms. The molecule has 3 aromatic rings. The fourth-order valence-corrected chi connectivity index (χ4v) is 6.70. The first kappa shape index (κ1) is 25.1. The van der Waals surface area contributed by atoms with Crippen LogP contribution in [-0.4, -0.2) is 25.8 Å². The quantitative estimate of drug-likeness (QED) is 0.317. The maximum atomic E-state index is 13.3. The van der Waals surface area contributed by atoms with Crippen LogP contribution >= 0.6 is 0 Å². The van der Waals surface area contributed by atoms with Crippen LogP contribution in [0.2, 0.25) is 0 Å². The second-order valence-electron chi connectivity index (χ2n) is 9.47. The number of nitrogens with one attached hydrogen (secondary N) is 1. The summed E-state index contributed by atoms with van der Waals surface area (Å²) < 4.78 is 34.0. The van der Waals surface area contributed by atoms with Gasteiger partial charge in [0.05, 0.1) is 10.9 Å². The molecule has 0 radical (unpaired) electrons. The Hall–Kier alpha value is -3.61. The van der Waals surface area contributed by atoms with Gasteiger partial charge < -0.3 is 10.1 Å². The summed E-state index contributed by atoms with van der Waals surface area (Å²) in [5, 5.41) is 3.70. The van der Waals surface area contributed by atoms with Gasteiger partial charge in [0, 0.05) is 24.7 Å². The first-order chi connectivity index (χ1) is 18.0. The molecule has 0 aromatic heterocycles. The summed E-state index contributed by atoms with van der Waals surface area (Å²) in [5.74, 6) is 1.29. The molecule has 37 heavy (non-hydrogen) atoms. The highest BCUT2D eigenvalue weighted by Gasteiger charge is 2.38. The molecular weight excluding hydrogens is 480 g/mol. The molecular formula is C31H32N2O3S. The van der Waals surface area contributed by atoms with Crippen molar-refractivity contribution in [1.29, 1.82) is 0 Å². The van der Waals surface area contributed by atoms with Crippen LogP contribution in [0.3, 0.4) is 0 Å². The lowest BCUT2D eigenvalue weighted by atomic mass is 9.77. The normalized spacial score (nSPS) is 20.1. The number of nitrogens with zero attached hydrogens (tertiary/aromatic N) is 1. The van der Waals surface area contributed by atoms with Gasteiger partial charge in [-0.1, -0.05) is 66.8 Å². The highest BCUT2D eigenvalue weighted by Crippen LogP contribution is 2.50. The predicted molar refractivity (Wildman–Crippen MR) is 149 cm³/mol. The first-order valence-electron chi connectivity index (χ1n) is 12.6. The number of fused-ring (bicyclic) bond motifs is 3. The number of rotatable bonds is 10. The Morgan fingerprint density at radius 3 is 2.41 bits per heavy atom. The second-order valence-corrected chi connectivity index (χ2v) is 11.4. The molecule has 0 amide bonds. The van der Waals surface area contributed by atoms with Gasteiger partial charge >= 0.3 is 0 Å². The third-order valence-corrected chi connectivity index (χ3v) is 8.95. The van der Waals surface area contributed by atoms with Crippen molar-refractivity contribution in [2.45, 2.75) is 29.9 Å². The number of sulfonamides is 1. The van der Waals surface area contributed by atoms with Gasteiger partial charge in [-0.15, -0.1) is 13.2 Å². The van der Waals surface area contributed by atoms with E-state index in [0.717, 1.165) is 29.0 Å². The van der Waals surface area contributed by atoms with Crippen molar-refractivity contribution in [3.8, 4) is 5.75 Å². The fourth-order valence-electron chi connectivity index (χ4n) is 5.28. The van der Waals surface area contributed by atoms with Crippen LogP contribution in [0.5, 0.6) is 5.75 Å². The SMILES string of the molecule is C=CCN(CC=C)S(=O)(=O)c1ccc2c(c1)C1C=CCC1C(c1ccc(OCc3ccccc3)cc1)N2. The molecule has 1 heterocycles. The van der Waals surface area contributed by atoms with Crippen LogP contribution in [0.15, 0.2) is 115 Å². The lowest BCUT2D eigenvalue weighted by molar-refractivity contribution is 0.306. The van der Waals surface area contributed by atoms with Gasteiger partial charge in [-0.2, -0.15) is 4.31 Å². The molecule has 5 rings (SSSR count). The molecule has 3 aromatic carbocycles. The van der Waals surface area contributed by atoms with Gasteiger partial charge in [0.15, 0.2) is 0 Å². The second kappa shape index (κ2) is 10.8. The van der Waals surface area contributed by atoms with E-state index < -0.39 is 10.0 Å². The van der Waals surface area contributed by atoms with E-state index in [1.54, 1.807) is 18.2 Å². The van der Waals surface area contributed by atoms with Crippen molar-refractivity contribution in [2.24, 2.45) is 5.92 Å². The minimum Gasteiger partial charge on any atom is -0.489 e. The minimum absolute atomic E-state index is 0.121. The van der Waals surface area contributed by atoms with E-state index in [2.05, 4.69) is 54.9 Å². The zero-order valence-electron chi connectivity index (χ0n) is 20.8. The largest absolute Gasteiger partial charge is 0.489 e. The zero-order chi connectivity index (χ0) is 25.8. The molecule has 0 spiro atoms. The number of ether oxygens (including phenoxy) is 1. The molecule has 1 N–H and O–H groups in total. The highest BCUT2D eigenvalue weighted by atomic mass is 32.2. The summed E-state index contributed by atoms with van der Waals surface area (Å²) in [6.45, 7) is 8.42. The minimum atomic E-state index is -3.66. The molecule has 190 valence electrons. The number of allylic oxidation sites excluding steroid dienone is 2. The molecule has 2 aliphatic rings. The van der Waals surface area contributed by atoms with Crippen molar-refractivity contribution in [2.75, 3.05) is 18.4 Å². The summed E-state index contributed by atoms with van der Waals surface area (Å²) in [5.41, 5.74) is 4.32. The maximum Gasteiger partial charge on any atom is 0.243 e. The number of anilines is 1. The molecule has 1 aliphatic carbocycles. The first-order valence-corrected chi connectivity index (χ1v) is 14.0. The van der Waals surface area contributed by atoms with Crippen LogP contribution in [-0.2, 0) is 16.6 Å². The number of hydrogen-bond acceptors (Lipinski definition) is 4. The van der Waals surface area contributed by atoms with Crippen molar-refractivity contribution in [3.05, 3.63) is 127 Å². The van der Waals surface area contributed by atoms with Gasteiger partial charge in [-0.3, -0.25) is 0 Å². The van der Waals surface area contributed by atoms with Crippen molar-refractivity contribution >= 4 is 15.7 Å². The molecule has 1 aliphatic heterocycles. The Bertz CT molecular complexity index is 1390. The fraction of sp³-hybridized carbons (Fsp3) is 0.226. The van der Waals surface area contributed by atoms with Crippen LogP contribution in [0.4, 0.5) is 5.69 Å². The Kier molecular flexibility index (Phi) is 7.31. The molecule has 0 saturated heterocycles. The standard InChI is InChI=1S/C31H32N2O3S/c1-3-19-33(20-4-2)37(34,35)26-17-18-30-29(21-26)27-11-8-12-28(27)31(32-30)24-13-15-25(16-14-24)36-22-23-9-6-5-7-10-23/h3-11,13-18,21,27-28,31-32H,1-2,12,19-20,22H2. The highest BCUT2D eigenvalue weighted by molar-refractivity contribution is 7.89. The van der Waals surface area contributed by atoms with Crippen LogP contribution in [0, 0.1) is 5.92 Å². The lowest BCUT2D eigenvalue weighted by Crippen LogP contribution is -2.32. The maximum absolute atomic E-state index is 13.3. The topological polar surface area (TPSA) is 58.6 Å². The van der Waals surface area contributed by atoms with E-state index in [1.165, 1.54) is 9.87 Å². The molecule has 0 fully saturated rings. The van der Waals surface area contributed by atoms with Gasteiger partial charge in [0.2, 0.25) is 10.0 Å². The van der Waals surface area contributed by atoms with E-state index in [0.29, 0.717) is 17.4 Å². The summed E-state index contributed by atoms with van der Waals surface area (Å²) >= 11 is 0.